The van der Waals surface area contributed by atoms with Crippen molar-refractivity contribution in [3.63, 3.8) is 0 Å². The molecule has 0 fully saturated rings. The molecule has 0 aliphatic rings. The van der Waals surface area contributed by atoms with Crippen molar-refractivity contribution in [3.8, 4) is 0 Å². The Morgan fingerprint density at radius 1 is 1.43 bits per heavy atom. The maximum atomic E-state index is 5.50. The number of rotatable bonds is 2. The third kappa shape index (κ3) is 2.96. The molecule has 1 heterocycles. The number of hydrogen-bond acceptors (Lipinski definition) is 4. The molecule has 0 aromatic carbocycles. The van der Waals surface area contributed by atoms with Gasteiger partial charge < -0.3 is 5.73 Å². The number of nitrogen functional groups attached to an aromatic ring is 1. The lowest BCUT2D eigenvalue weighted by molar-refractivity contribution is 0.165. The third-order valence-electron chi connectivity index (χ3n) is 2.28. The van der Waals surface area contributed by atoms with Crippen LogP contribution in [-0.2, 0) is 6.54 Å². The second kappa shape index (κ2) is 3.92. The molecule has 0 unspecified atom stereocenters. The minimum Gasteiger partial charge on any atom is -0.368 e. The van der Waals surface area contributed by atoms with Crippen molar-refractivity contribution < 1.29 is 0 Å². The van der Waals surface area contributed by atoms with Crippen LogP contribution in [0.5, 0.6) is 0 Å². The Bertz CT molecular complexity index is 303. The highest BCUT2D eigenvalue weighted by Crippen LogP contribution is 2.13. The summed E-state index contributed by atoms with van der Waals surface area (Å²) >= 11 is 0. The summed E-state index contributed by atoms with van der Waals surface area (Å²) in [6, 6.07) is 1.89. The van der Waals surface area contributed by atoms with Crippen LogP contribution in [0.1, 0.15) is 26.5 Å². The van der Waals surface area contributed by atoms with Gasteiger partial charge in [-0.25, -0.2) is 9.97 Å². The van der Waals surface area contributed by atoms with Crippen LogP contribution in [0.25, 0.3) is 0 Å². The van der Waals surface area contributed by atoms with Gasteiger partial charge >= 0.3 is 0 Å². The van der Waals surface area contributed by atoms with Crippen molar-refractivity contribution in [1.82, 2.24) is 14.9 Å². The zero-order valence-corrected chi connectivity index (χ0v) is 9.28. The standard InChI is InChI=1S/C10H18N4/c1-10(2,3)14(4)7-8-5-6-12-9(11)13-8/h5-6H,7H2,1-4H3,(H2,11,12,13). The van der Waals surface area contributed by atoms with Crippen LogP contribution in [0.15, 0.2) is 12.3 Å². The highest BCUT2D eigenvalue weighted by Gasteiger charge is 2.17. The Labute approximate surface area is 85.2 Å². The fraction of sp³-hybridized carbons (Fsp3) is 0.600. The molecule has 1 rings (SSSR count). The predicted molar refractivity (Wildman–Crippen MR) is 57.7 cm³/mol. The maximum Gasteiger partial charge on any atom is 0.220 e. The molecule has 0 radical (unpaired) electrons. The quantitative estimate of drug-likeness (QED) is 0.770. The van der Waals surface area contributed by atoms with Crippen molar-refractivity contribution >= 4 is 5.95 Å². The van der Waals surface area contributed by atoms with Crippen LogP contribution in [0.3, 0.4) is 0 Å². The summed E-state index contributed by atoms with van der Waals surface area (Å²) in [5.74, 6) is 0.338. The van der Waals surface area contributed by atoms with E-state index in [1.807, 2.05) is 6.07 Å². The molecule has 4 nitrogen and oxygen atoms in total. The van der Waals surface area contributed by atoms with E-state index in [1.54, 1.807) is 6.20 Å². The minimum absolute atomic E-state index is 0.139. The van der Waals surface area contributed by atoms with Crippen LogP contribution in [0, 0.1) is 0 Å². The smallest absolute Gasteiger partial charge is 0.220 e. The minimum atomic E-state index is 0.139. The second-order valence-corrected chi connectivity index (χ2v) is 4.43. The van der Waals surface area contributed by atoms with Gasteiger partial charge in [-0.2, -0.15) is 0 Å². The molecule has 2 N–H and O–H groups in total. The number of anilines is 1. The predicted octanol–water partition coefficient (Wildman–Crippen LogP) is 1.29. The summed E-state index contributed by atoms with van der Waals surface area (Å²) in [4.78, 5) is 10.2. The third-order valence-corrected chi connectivity index (χ3v) is 2.28. The van der Waals surface area contributed by atoms with E-state index in [2.05, 4.69) is 42.7 Å². The van der Waals surface area contributed by atoms with Crippen LogP contribution in [-0.4, -0.2) is 27.5 Å². The summed E-state index contributed by atoms with van der Waals surface area (Å²) < 4.78 is 0. The topological polar surface area (TPSA) is 55.0 Å². The van der Waals surface area contributed by atoms with Gasteiger partial charge in [-0.3, -0.25) is 4.90 Å². The molecule has 0 saturated carbocycles. The molecule has 78 valence electrons. The van der Waals surface area contributed by atoms with Crippen molar-refractivity contribution in [2.24, 2.45) is 0 Å². The van der Waals surface area contributed by atoms with E-state index in [4.69, 9.17) is 5.73 Å². The van der Waals surface area contributed by atoms with E-state index in [0.717, 1.165) is 12.2 Å². The fourth-order valence-electron chi connectivity index (χ4n) is 0.981. The Morgan fingerprint density at radius 3 is 2.57 bits per heavy atom. The number of nitrogens with two attached hydrogens (primary N) is 1. The molecule has 0 spiro atoms. The summed E-state index contributed by atoms with van der Waals surface area (Å²) in [6.07, 6.45) is 1.69. The second-order valence-electron chi connectivity index (χ2n) is 4.43. The van der Waals surface area contributed by atoms with E-state index in [1.165, 1.54) is 0 Å². The van der Waals surface area contributed by atoms with Gasteiger partial charge in [-0.05, 0) is 33.9 Å². The van der Waals surface area contributed by atoms with Gasteiger partial charge in [-0.1, -0.05) is 0 Å². The average molecular weight is 194 g/mol. The van der Waals surface area contributed by atoms with Crippen LogP contribution in [0.2, 0.25) is 0 Å². The molecule has 0 amide bonds. The summed E-state index contributed by atoms with van der Waals surface area (Å²) in [5, 5.41) is 0. The lowest BCUT2D eigenvalue weighted by Crippen LogP contribution is -2.37. The van der Waals surface area contributed by atoms with Gasteiger partial charge in [-0.15, -0.1) is 0 Å². The Balaban J connectivity index is 2.70. The monoisotopic (exact) mass is 194 g/mol. The van der Waals surface area contributed by atoms with E-state index in [0.29, 0.717) is 5.95 Å². The van der Waals surface area contributed by atoms with Crippen molar-refractivity contribution in [2.45, 2.75) is 32.9 Å². The van der Waals surface area contributed by atoms with E-state index < -0.39 is 0 Å². The van der Waals surface area contributed by atoms with E-state index in [-0.39, 0.29) is 5.54 Å². The first-order valence-corrected chi connectivity index (χ1v) is 4.68. The molecule has 14 heavy (non-hydrogen) atoms. The van der Waals surface area contributed by atoms with E-state index in [9.17, 15) is 0 Å². The highest BCUT2D eigenvalue weighted by molar-refractivity contribution is 5.17. The van der Waals surface area contributed by atoms with Gasteiger partial charge in [0.2, 0.25) is 5.95 Å². The van der Waals surface area contributed by atoms with E-state index >= 15 is 0 Å². The van der Waals surface area contributed by atoms with Gasteiger partial charge in [0, 0.05) is 18.3 Å². The largest absolute Gasteiger partial charge is 0.368 e. The van der Waals surface area contributed by atoms with Crippen LogP contribution in [0.4, 0.5) is 5.95 Å². The van der Waals surface area contributed by atoms with Gasteiger partial charge in [0.05, 0.1) is 5.69 Å². The van der Waals surface area contributed by atoms with Gasteiger partial charge in [0.1, 0.15) is 0 Å². The summed E-state index contributed by atoms with van der Waals surface area (Å²) in [7, 11) is 2.07. The Hall–Kier alpha value is -1.16. The van der Waals surface area contributed by atoms with Crippen molar-refractivity contribution in [3.05, 3.63) is 18.0 Å². The zero-order valence-electron chi connectivity index (χ0n) is 9.28. The fourth-order valence-corrected chi connectivity index (χ4v) is 0.981. The van der Waals surface area contributed by atoms with Crippen LogP contribution >= 0.6 is 0 Å². The molecule has 1 aromatic rings. The zero-order chi connectivity index (χ0) is 10.8. The Kier molecular flexibility index (Phi) is 3.06. The molecule has 1 aromatic heterocycles. The summed E-state index contributed by atoms with van der Waals surface area (Å²) in [5.41, 5.74) is 6.59. The first-order valence-electron chi connectivity index (χ1n) is 4.68. The molecule has 0 aliphatic heterocycles. The first-order chi connectivity index (χ1) is 6.39. The molecular formula is C10H18N4. The van der Waals surface area contributed by atoms with Crippen LogP contribution < -0.4 is 5.73 Å². The number of aromatic nitrogens is 2. The first kappa shape index (κ1) is 10.9. The lowest BCUT2D eigenvalue weighted by atomic mass is 10.1. The van der Waals surface area contributed by atoms with Gasteiger partial charge in [0.25, 0.3) is 0 Å². The molecule has 0 aliphatic carbocycles. The molecule has 0 saturated heterocycles. The van der Waals surface area contributed by atoms with Gasteiger partial charge in [0.15, 0.2) is 0 Å². The maximum absolute atomic E-state index is 5.50. The van der Waals surface area contributed by atoms with Crippen molar-refractivity contribution in [2.75, 3.05) is 12.8 Å². The SMILES string of the molecule is CN(Cc1ccnc(N)n1)C(C)(C)C. The Morgan fingerprint density at radius 2 is 2.07 bits per heavy atom. The molecule has 0 atom stereocenters. The van der Waals surface area contributed by atoms with Crippen molar-refractivity contribution in [1.29, 1.82) is 0 Å². The average Bonchev–Trinajstić information content (AvgIpc) is 2.02. The molecule has 0 bridgehead atoms. The lowest BCUT2D eigenvalue weighted by Gasteiger charge is -2.31. The normalized spacial score (nSPS) is 12.1. The number of hydrogen-bond donors (Lipinski definition) is 1. The number of nitrogens with zero attached hydrogens (tertiary/aromatic N) is 3. The molecular weight excluding hydrogens is 176 g/mol. The highest BCUT2D eigenvalue weighted by atomic mass is 15.2. The summed E-state index contributed by atoms with van der Waals surface area (Å²) in [6.45, 7) is 7.28. The molecule has 4 heteroatoms.